The fraction of sp³-hybridized carbons (Fsp3) is 0.458. The molecule has 0 saturated carbocycles. The topological polar surface area (TPSA) is 81.4 Å². The number of benzene rings is 1. The van der Waals surface area contributed by atoms with Crippen LogP contribution in [-0.4, -0.2) is 44.9 Å². The van der Waals surface area contributed by atoms with Crippen molar-refractivity contribution in [2.75, 3.05) is 18.0 Å². The molecule has 4 rings (SSSR count). The van der Waals surface area contributed by atoms with Crippen LogP contribution in [0.2, 0.25) is 5.02 Å². The van der Waals surface area contributed by atoms with Crippen molar-refractivity contribution in [3.63, 3.8) is 0 Å². The van der Waals surface area contributed by atoms with Crippen molar-refractivity contribution in [2.45, 2.75) is 51.8 Å². The molecule has 0 spiro atoms. The van der Waals surface area contributed by atoms with E-state index >= 15 is 0 Å². The molecule has 0 unspecified atom stereocenters. The predicted octanol–water partition coefficient (Wildman–Crippen LogP) is 3.93. The number of fused-ring (bicyclic) bond motifs is 1. The summed E-state index contributed by atoms with van der Waals surface area (Å²) in [6, 6.07) is 9.41. The molecular weight excluding hydrogens is 442 g/mol. The molecule has 2 aromatic heterocycles. The largest absolute Gasteiger partial charge is 0.444 e. The minimum atomic E-state index is -0.547. The molecule has 1 fully saturated rings. The Balaban J connectivity index is 1.66. The molecule has 8 nitrogen and oxygen atoms in total. The standard InChI is InChI=1S/C24H30ClN5O3/c1-24(2,3)33-22(31)27-17-9-7-13-29(15-17)19-11-12-26-21-20(19)30(23(32)28(21)4)14-16-8-5-6-10-18(16)25/h5-6,8,10-12,17H,7,9,13-15H2,1-4H3,(H,27,31)/t17-/m1/s1. The van der Waals surface area contributed by atoms with Crippen LogP contribution in [-0.2, 0) is 18.3 Å². The van der Waals surface area contributed by atoms with Gasteiger partial charge >= 0.3 is 11.8 Å². The zero-order valence-electron chi connectivity index (χ0n) is 19.5. The normalized spacial score (nSPS) is 16.8. The molecule has 0 aliphatic carbocycles. The van der Waals surface area contributed by atoms with E-state index in [4.69, 9.17) is 16.3 Å². The van der Waals surface area contributed by atoms with Crippen molar-refractivity contribution in [3.05, 3.63) is 57.6 Å². The van der Waals surface area contributed by atoms with Gasteiger partial charge in [-0.25, -0.2) is 14.6 Å². The SMILES string of the molecule is Cn1c(=O)n(Cc2ccccc2Cl)c2c(N3CCC[C@@H](NC(=O)OC(C)(C)C)C3)ccnc21. The summed E-state index contributed by atoms with van der Waals surface area (Å²) in [6.07, 6.45) is 3.09. The van der Waals surface area contributed by atoms with Crippen LogP contribution < -0.4 is 15.9 Å². The van der Waals surface area contributed by atoms with Gasteiger partial charge in [-0.1, -0.05) is 29.8 Å². The van der Waals surface area contributed by atoms with Gasteiger partial charge in [0.1, 0.15) is 11.1 Å². The highest BCUT2D eigenvalue weighted by Crippen LogP contribution is 2.29. The van der Waals surface area contributed by atoms with Crippen LogP contribution in [0, 0.1) is 0 Å². The number of piperidine rings is 1. The number of pyridine rings is 1. The first kappa shape index (κ1) is 23.2. The highest BCUT2D eigenvalue weighted by Gasteiger charge is 2.27. The number of hydrogen-bond acceptors (Lipinski definition) is 5. The lowest BCUT2D eigenvalue weighted by molar-refractivity contribution is 0.0500. The van der Waals surface area contributed by atoms with Gasteiger partial charge in [-0.05, 0) is 51.3 Å². The van der Waals surface area contributed by atoms with Gasteiger partial charge in [0, 0.05) is 37.4 Å². The number of nitrogens with one attached hydrogen (secondary N) is 1. The molecular formula is C24H30ClN5O3. The Bertz CT molecular complexity index is 1230. The Morgan fingerprint density at radius 3 is 2.76 bits per heavy atom. The molecule has 3 heterocycles. The number of alkyl carbamates (subject to hydrolysis) is 1. The highest BCUT2D eigenvalue weighted by atomic mass is 35.5. The Labute approximate surface area is 198 Å². The van der Waals surface area contributed by atoms with Crippen LogP contribution in [0.3, 0.4) is 0 Å². The molecule has 1 N–H and O–H groups in total. The van der Waals surface area contributed by atoms with Crippen molar-refractivity contribution in [1.29, 1.82) is 0 Å². The number of hydrogen-bond donors (Lipinski definition) is 1. The smallest absolute Gasteiger partial charge is 0.407 e. The van der Waals surface area contributed by atoms with Gasteiger partial charge in [-0.15, -0.1) is 0 Å². The Morgan fingerprint density at radius 1 is 1.27 bits per heavy atom. The summed E-state index contributed by atoms with van der Waals surface area (Å²) < 4.78 is 8.72. The second kappa shape index (κ2) is 9.09. The summed E-state index contributed by atoms with van der Waals surface area (Å²) in [5, 5.41) is 3.61. The van der Waals surface area contributed by atoms with E-state index in [1.165, 1.54) is 0 Å². The van der Waals surface area contributed by atoms with Crippen LogP contribution in [0.25, 0.3) is 11.2 Å². The number of imidazole rings is 1. The van der Waals surface area contributed by atoms with Crippen molar-refractivity contribution < 1.29 is 9.53 Å². The number of aromatic nitrogens is 3. The predicted molar refractivity (Wildman–Crippen MR) is 130 cm³/mol. The van der Waals surface area contributed by atoms with E-state index in [-0.39, 0.29) is 11.7 Å². The van der Waals surface area contributed by atoms with Gasteiger partial charge in [0.2, 0.25) is 0 Å². The minimum Gasteiger partial charge on any atom is -0.444 e. The summed E-state index contributed by atoms with van der Waals surface area (Å²) in [7, 11) is 1.73. The van der Waals surface area contributed by atoms with E-state index in [9.17, 15) is 9.59 Å². The lowest BCUT2D eigenvalue weighted by Gasteiger charge is -2.35. The monoisotopic (exact) mass is 471 g/mol. The summed E-state index contributed by atoms with van der Waals surface area (Å²) in [4.78, 5) is 32.1. The maximum Gasteiger partial charge on any atom is 0.407 e. The molecule has 3 aromatic rings. The third-order valence-electron chi connectivity index (χ3n) is 5.76. The number of nitrogens with zero attached hydrogens (tertiary/aromatic N) is 4. The zero-order valence-corrected chi connectivity index (χ0v) is 20.2. The van der Waals surface area contributed by atoms with Crippen molar-refractivity contribution in [2.24, 2.45) is 7.05 Å². The molecule has 1 amide bonds. The average molecular weight is 472 g/mol. The third-order valence-corrected chi connectivity index (χ3v) is 6.13. The van der Waals surface area contributed by atoms with Crippen molar-refractivity contribution in [1.82, 2.24) is 19.4 Å². The van der Waals surface area contributed by atoms with E-state index in [1.54, 1.807) is 22.4 Å². The van der Waals surface area contributed by atoms with Crippen LogP contribution >= 0.6 is 11.6 Å². The number of halogens is 1. The van der Waals surface area contributed by atoms with Crippen molar-refractivity contribution >= 4 is 34.5 Å². The van der Waals surface area contributed by atoms with Gasteiger partial charge in [0.05, 0.1) is 12.2 Å². The van der Waals surface area contributed by atoms with E-state index in [2.05, 4.69) is 15.2 Å². The summed E-state index contributed by atoms with van der Waals surface area (Å²) in [5.74, 6) is 0. The summed E-state index contributed by atoms with van der Waals surface area (Å²) >= 11 is 6.39. The van der Waals surface area contributed by atoms with Crippen LogP contribution in [0.5, 0.6) is 0 Å². The maximum absolute atomic E-state index is 13.1. The Kier molecular flexibility index (Phi) is 6.38. The van der Waals surface area contributed by atoms with Gasteiger partial charge in [0.15, 0.2) is 5.65 Å². The van der Waals surface area contributed by atoms with Crippen molar-refractivity contribution in [3.8, 4) is 0 Å². The van der Waals surface area contributed by atoms with Gasteiger partial charge in [-0.3, -0.25) is 9.13 Å². The third kappa shape index (κ3) is 5.00. The van der Waals surface area contributed by atoms with Gasteiger partial charge < -0.3 is 15.0 Å². The number of ether oxygens (including phenoxy) is 1. The van der Waals surface area contributed by atoms with Crippen LogP contribution in [0.1, 0.15) is 39.2 Å². The second-order valence-corrected chi connectivity index (χ2v) is 9.86. The summed E-state index contributed by atoms with van der Waals surface area (Å²) in [6.45, 7) is 7.33. The first-order valence-corrected chi connectivity index (χ1v) is 11.5. The lowest BCUT2D eigenvalue weighted by atomic mass is 10.0. The van der Waals surface area contributed by atoms with Crippen LogP contribution in [0.15, 0.2) is 41.3 Å². The Hall–Kier alpha value is -3.00. The van der Waals surface area contributed by atoms with Gasteiger partial charge in [-0.2, -0.15) is 0 Å². The number of carbonyl (C=O) groups excluding carboxylic acids is 1. The molecule has 176 valence electrons. The zero-order chi connectivity index (χ0) is 23.8. The molecule has 33 heavy (non-hydrogen) atoms. The van der Waals surface area contributed by atoms with E-state index in [0.29, 0.717) is 23.8 Å². The highest BCUT2D eigenvalue weighted by molar-refractivity contribution is 6.31. The second-order valence-electron chi connectivity index (χ2n) is 9.45. The molecule has 1 aromatic carbocycles. The minimum absolute atomic E-state index is 0.0516. The molecule has 9 heteroatoms. The first-order valence-electron chi connectivity index (χ1n) is 11.2. The summed E-state index contributed by atoms with van der Waals surface area (Å²) in [5.41, 5.74) is 2.47. The first-order chi connectivity index (χ1) is 15.6. The Morgan fingerprint density at radius 2 is 2.03 bits per heavy atom. The molecule has 1 saturated heterocycles. The maximum atomic E-state index is 13.1. The molecule has 0 radical (unpaired) electrons. The van der Waals surface area contributed by atoms with E-state index < -0.39 is 11.7 Å². The number of rotatable bonds is 4. The number of aryl methyl sites for hydroxylation is 1. The fourth-order valence-corrected chi connectivity index (χ4v) is 4.49. The lowest BCUT2D eigenvalue weighted by Crippen LogP contribution is -2.49. The number of amides is 1. The average Bonchev–Trinajstić information content (AvgIpc) is 2.99. The van der Waals surface area contributed by atoms with Crippen LogP contribution in [0.4, 0.5) is 10.5 Å². The van der Waals surface area contributed by atoms with E-state index in [1.807, 2.05) is 51.1 Å². The number of carbonyl (C=O) groups is 1. The molecule has 0 bridgehead atoms. The fourth-order valence-electron chi connectivity index (χ4n) is 4.29. The molecule has 1 atom stereocenters. The number of anilines is 1. The quantitative estimate of drug-likeness (QED) is 0.623. The van der Waals surface area contributed by atoms with E-state index in [0.717, 1.165) is 36.2 Å². The molecule has 1 aliphatic rings. The van der Waals surface area contributed by atoms with Gasteiger partial charge in [0.25, 0.3) is 0 Å². The molecule has 1 aliphatic heterocycles.